The van der Waals surface area contributed by atoms with E-state index in [1.165, 1.54) is 0 Å². The number of anilines is 1. The van der Waals surface area contributed by atoms with E-state index in [0.29, 0.717) is 0 Å². The summed E-state index contributed by atoms with van der Waals surface area (Å²) in [7, 11) is 1.65. The van der Waals surface area contributed by atoms with Crippen molar-refractivity contribution in [2.75, 3.05) is 12.4 Å². The second-order valence-corrected chi connectivity index (χ2v) is 4.83. The molecule has 22 heavy (non-hydrogen) atoms. The number of benzene rings is 2. The van der Waals surface area contributed by atoms with Crippen LogP contribution < -0.4 is 10.1 Å². The van der Waals surface area contributed by atoms with E-state index in [9.17, 15) is 0 Å². The van der Waals surface area contributed by atoms with Crippen LogP contribution in [0.25, 0.3) is 11.4 Å². The summed E-state index contributed by atoms with van der Waals surface area (Å²) in [5.41, 5.74) is 3.82. The van der Waals surface area contributed by atoms with E-state index in [-0.39, 0.29) is 0 Å². The van der Waals surface area contributed by atoms with Crippen LogP contribution in [0.2, 0.25) is 0 Å². The fourth-order valence-electron chi connectivity index (χ4n) is 2.18. The number of hydrogen-bond donors (Lipinski definition) is 1. The lowest BCUT2D eigenvalue weighted by molar-refractivity contribution is 0.415. The summed E-state index contributed by atoms with van der Waals surface area (Å²) < 4.78 is 7.04. The van der Waals surface area contributed by atoms with Gasteiger partial charge in [0, 0.05) is 29.8 Å². The Bertz CT molecular complexity index is 761. The molecule has 0 radical (unpaired) electrons. The molecule has 0 bridgehead atoms. The van der Waals surface area contributed by atoms with Crippen molar-refractivity contribution < 1.29 is 4.74 Å². The first-order valence-electron chi connectivity index (χ1n) is 6.97. The normalized spacial score (nSPS) is 10.2. The fraction of sp³-hybridized carbons (Fsp3) is 0.0556. The zero-order valence-corrected chi connectivity index (χ0v) is 12.4. The van der Waals surface area contributed by atoms with Crippen LogP contribution >= 0.6 is 0 Å². The number of aromatic nitrogens is 2. The minimum atomic E-state index is 0.812. The van der Waals surface area contributed by atoms with Gasteiger partial charge in [0.05, 0.1) is 12.8 Å². The molecule has 0 atom stereocenters. The number of hydrogen-bond acceptors (Lipinski definition) is 3. The van der Waals surface area contributed by atoms with E-state index in [1.54, 1.807) is 13.3 Å². The van der Waals surface area contributed by atoms with E-state index in [0.717, 1.165) is 28.4 Å². The SMILES string of the molecule is C=C(Nc1cccc(OC)c1)c1ccc(-n2cccn2)cc1. The molecule has 0 spiro atoms. The van der Waals surface area contributed by atoms with Gasteiger partial charge in [-0.1, -0.05) is 24.8 Å². The molecule has 0 saturated carbocycles. The summed E-state index contributed by atoms with van der Waals surface area (Å²) in [6, 6.07) is 17.7. The maximum absolute atomic E-state index is 5.22. The van der Waals surface area contributed by atoms with Gasteiger partial charge in [0.2, 0.25) is 0 Å². The lowest BCUT2D eigenvalue weighted by atomic mass is 10.1. The number of rotatable bonds is 5. The van der Waals surface area contributed by atoms with Crippen molar-refractivity contribution in [3.63, 3.8) is 0 Å². The predicted molar refractivity (Wildman–Crippen MR) is 89.2 cm³/mol. The highest BCUT2D eigenvalue weighted by Crippen LogP contribution is 2.22. The number of nitrogens with one attached hydrogen (secondary N) is 1. The van der Waals surface area contributed by atoms with Gasteiger partial charge in [-0.15, -0.1) is 0 Å². The van der Waals surface area contributed by atoms with Gasteiger partial charge in [-0.3, -0.25) is 0 Å². The maximum Gasteiger partial charge on any atom is 0.120 e. The highest BCUT2D eigenvalue weighted by molar-refractivity contribution is 5.75. The van der Waals surface area contributed by atoms with Crippen molar-refractivity contribution in [2.24, 2.45) is 0 Å². The molecule has 0 amide bonds. The molecule has 3 rings (SSSR count). The first kappa shape index (κ1) is 13.9. The molecular formula is C18H17N3O. The second kappa shape index (κ2) is 6.18. The third-order valence-corrected chi connectivity index (χ3v) is 3.35. The van der Waals surface area contributed by atoms with Gasteiger partial charge in [0.1, 0.15) is 5.75 Å². The molecule has 2 aromatic carbocycles. The van der Waals surface area contributed by atoms with Gasteiger partial charge < -0.3 is 10.1 Å². The van der Waals surface area contributed by atoms with Gasteiger partial charge in [0.15, 0.2) is 0 Å². The molecule has 0 aliphatic carbocycles. The summed E-state index contributed by atoms with van der Waals surface area (Å²) in [4.78, 5) is 0. The first-order chi connectivity index (χ1) is 10.8. The van der Waals surface area contributed by atoms with E-state index < -0.39 is 0 Å². The molecular weight excluding hydrogens is 274 g/mol. The quantitative estimate of drug-likeness (QED) is 0.773. The molecule has 0 aliphatic rings. The Labute approximate surface area is 129 Å². The monoisotopic (exact) mass is 291 g/mol. The Kier molecular flexibility index (Phi) is 3.92. The number of methoxy groups -OCH3 is 1. The van der Waals surface area contributed by atoms with Crippen LogP contribution in [0.1, 0.15) is 5.56 Å². The van der Waals surface area contributed by atoms with Gasteiger partial charge in [-0.05, 0) is 35.9 Å². The van der Waals surface area contributed by atoms with E-state index in [2.05, 4.69) is 17.0 Å². The van der Waals surface area contributed by atoms with E-state index >= 15 is 0 Å². The molecule has 4 heteroatoms. The summed E-state index contributed by atoms with van der Waals surface area (Å²) in [6.45, 7) is 4.09. The van der Waals surface area contributed by atoms with Crippen LogP contribution in [0.4, 0.5) is 5.69 Å². The van der Waals surface area contributed by atoms with Crippen LogP contribution in [0.5, 0.6) is 5.75 Å². The minimum absolute atomic E-state index is 0.812. The smallest absolute Gasteiger partial charge is 0.120 e. The zero-order valence-electron chi connectivity index (χ0n) is 12.4. The Morgan fingerprint density at radius 3 is 2.64 bits per heavy atom. The molecule has 110 valence electrons. The van der Waals surface area contributed by atoms with Crippen molar-refractivity contribution in [1.29, 1.82) is 0 Å². The van der Waals surface area contributed by atoms with Crippen molar-refractivity contribution in [2.45, 2.75) is 0 Å². The fourth-order valence-corrected chi connectivity index (χ4v) is 2.18. The highest BCUT2D eigenvalue weighted by atomic mass is 16.5. The van der Waals surface area contributed by atoms with Gasteiger partial charge >= 0.3 is 0 Å². The third kappa shape index (κ3) is 3.01. The first-order valence-corrected chi connectivity index (χ1v) is 6.97. The van der Waals surface area contributed by atoms with Crippen molar-refractivity contribution in [3.8, 4) is 11.4 Å². The van der Waals surface area contributed by atoms with Crippen molar-refractivity contribution in [3.05, 3.63) is 79.1 Å². The molecule has 0 saturated heterocycles. The largest absolute Gasteiger partial charge is 0.497 e. The summed E-state index contributed by atoms with van der Waals surface area (Å²) >= 11 is 0. The van der Waals surface area contributed by atoms with Crippen LogP contribution in [-0.4, -0.2) is 16.9 Å². The summed E-state index contributed by atoms with van der Waals surface area (Å²) in [5.74, 6) is 0.812. The number of nitrogens with zero attached hydrogens (tertiary/aromatic N) is 2. The van der Waals surface area contributed by atoms with Crippen LogP contribution in [0, 0.1) is 0 Å². The molecule has 1 N–H and O–H groups in total. The van der Waals surface area contributed by atoms with Gasteiger partial charge in [0.25, 0.3) is 0 Å². The minimum Gasteiger partial charge on any atom is -0.497 e. The number of ether oxygens (including phenoxy) is 1. The van der Waals surface area contributed by atoms with Gasteiger partial charge in [-0.2, -0.15) is 5.10 Å². The van der Waals surface area contributed by atoms with E-state index in [1.807, 2.05) is 65.5 Å². The summed E-state index contributed by atoms with van der Waals surface area (Å²) in [6.07, 6.45) is 3.68. The molecule has 1 heterocycles. The maximum atomic E-state index is 5.22. The lowest BCUT2D eigenvalue weighted by Crippen LogP contribution is -1.99. The molecule has 0 aliphatic heterocycles. The molecule has 0 fully saturated rings. The Hall–Kier alpha value is -3.01. The van der Waals surface area contributed by atoms with Crippen LogP contribution in [0.15, 0.2) is 73.6 Å². The topological polar surface area (TPSA) is 39.1 Å². The Balaban J connectivity index is 1.74. The van der Waals surface area contributed by atoms with E-state index in [4.69, 9.17) is 4.74 Å². The highest BCUT2D eigenvalue weighted by Gasteiger charge is 2.02. The Morgan fingerprint density at radius 1 is 1.14 bits per heavy atom. The third-order valence-electron chi connectivity index (χ3n) is 3.35. The average molecular weight is 291 g/mol. The van der Waals surface area contributed by atoms with Gasteiger partial charge in [-0.25, -0.2) is 4.68 Å². The van der Waals surface area contributed by atoms with Crippen LogP contribution in [-0.2, 0) is 0 Å². The van der Waals surface area contributed by atoms with Crippen molar-refractivity contribution in [1.82, 2.24) is 9.78 Å². The molecule has 4 nitrogen and oxygen atoms in total. The summed E-state index contributed by atoms with van der Waals surface area (Å²) in [5, 5.41) is 7.50. The molecule has 3 aromatic rings. The predicted octanol–water partition coefficient (Wildman–Crippen LogP) is 3.96. The molecule has 1 aromatic heterocycles. The average Bonchev–Trinajstić information content (AvgIpc) is 3.09. The lowest BCUT2D eigenvalue weighted by Gasteiger charge is -2.11. The van der Waals surface area contributed by atoms with Crippen LogP contribution in [0.3, 0.4) is 0 Å². The second-order valence-electron chi connectivity index (χ2n) is 4.83. The Morgan fingerprint density at radius 2 is 1.95 bits per heavy atom. The molecule has 0 unspecified atom stereocenters. The van der Waals surface area contributed by atoms with Crippen molar-refractivity contribution >= 4 is 11.4 Å². The zero-order chi connectivity index (χ0) is 15.4. The standard InChI is InChI=1S/C18H17N3O/c1-14(20-16-5-3-6-18(13-16)22-2)15-7-9-17(10-8-15)21-12-4-11-19-21/h3-13,20H,1H2,2H3.